The summed E-state index contributed by atoms with van der Waals surface area (Å²) in [5.41, 5.74) is 0.350. The van der Waals surface area contributed by atoms with Crippen molar-refractivity contribution in [1.29, 1.82) is 0 Å². The summed E-state index contributed by atoms with van der Waals surface area (Å²) in [6.45, 7) is 9.30. The lowest BCUT2D eigenvalue weighted by Crippen LogP contribution is -2.37. The number of carbonyl (C=O) groups is 3. The van der Waals surface area contributed by atoms with Gasteiger partial charge >= 0.3 is 11.9 Å². The van der Waals surface area contributed by atoms with Crippen LogP contribution in [-0.2, 0) is 23.9 Å². The molecule has 0 aromatic heterocycles. The number of ether oxygens (including phenoxy) is 2. The van der Waals surface area contributed by atoms with Crippen molar-refractivity contribution >= 4 is 17.8 Å². The van der Waals surface area contributed by atoms with E-state index in [1.807, 2.05) is 0 Å². The third kappa shape index (κ3) is 6.89. The molecule has 0 saturated carbocycles. The van der Waals surface area contributed by atoms with E-state index in [2.05, 4.69) is 16.6 Å². The summed E-state index contributed by atoms with van der Waals surface area (Å²) in [6, 6.07) is 0. The van der Waals surface area contributed by atoms with Gasteiger partial charge in [-0.2, -0.15) is 0 Å². The van der Waals surface area contributed by atoms with Gasteiger partial charge in [-0.3, -0.25) is 4.79 Å². The molecule has 0 aliphatic carbocycles. The molecular weight excluding hydrogens is 266 g/mol. The Morgan fingerprint density at radius 3 is 2.15 bits per heavy atom. The van der Waals surface area contributed by atoms with Crippen molar-refractivity contribution < 1.29 is 29.0 Å². The van der Waals surface area contributed by atoms with E-state index in [1.54, 1.807) is 13.8 Å². The Morgan fingerprint density at radius 1 is 1.15 bits per heavy atom. The highest BCUT2D eigenvalue weighted by Gasteiger charge is 2.23. The molecule has 0 fully saturated rings. The lowest BCUT2D eigenvalue weighted by molar-refractivity contribution is -0.173. The maximum atomic E-state index is 11.6. The number of esters is 2. The Balaban J connectivity index is 4.15. The van der Waals surface area contributed by atoms with Gasteiger partial charge in [-0.05, 0) is 27.7 Å². The van der Waals surface area contributed by atoms with Crippen LogP contribution >= 0.6 is 0 Å². The molecule has 1 unspecified atom stereocenters. The molecule has 0 aromatic carbocycles. The van der Waals surface area contributed by atoms with Gasteiger partial charge in [-0.15, -0.1) is 0 Å². The van der Waals surface area contributed by atoms with Crippen LogP contribution in [0.5, 0.6) is 0 Å². The zero-order valence-electron chi connectivity index (χ0n) is 12.1. The molecule has 0 saturated heterocycles. The Kier molecular flexibility index (Phi) is 7.53. The number of rotatable bonds is 7. The second-order valence-corrected chi connectivity index (χ2v) is 4.49. The summed E-state index contributed by atoms with van der Waals surface area (Å²) >= 11 is 0. The van der Waals surface area contributed by atoms with E-state index >= 15 is 0 Å². The quantitative estimate of drug-likeness (QED) is 0.502. The number of hydrogen-bond donors (Lipinski definition) is 2. The minimum Gasteiger partial charge on any atom is -0.458 e. The molecule has 7 nitrogen and oxygen atoms in total. The second-order valence-electron chi connectivity index (χ2n) is 4.49. The number of amides is 1. The van der Waals surface area contributed by atoms with Crippen LogP contribution in [0.3, 0.4) is 0 Å². The SMILES string of the molecule is C=C(C)C(=O)NCC(C)OC(=O)[C@H](C)OC(=O)[C@H](C)O. The van der Waals surface area contributed by atoms with Crippen molar-refractivity contribution in [2.24, 2.45) is 0 Å². The van der Waals surface area contributed by atoms with E-state index in [-0.39, 0.29) is 12.5 Å². The predicted octanol–water partition coefficient (Wildman–Crippen LogP) is -0.0771. The van der Waals surface area contributed by atoms with Crippen LogP contribution in [0.25, 0.3) is 0 Å². The van der Waals surface area contributed by atoms with Crippen molar-refractivity contribution in [1.82, 2.24) is 5.32 Å². The monoisotopic (exact) mass is 287 g/mol. The highest BCUT2D eigenvalue weighted by molar-refractivity contribution is 5.92. The van der Waals surface area contributed by atoms with Crippen LogP contribution in [0.1, 0.15) is 27.7 Å². The molecule has 0 bridgehead atoms. The Bertz CT molecular complexity index is 390. The van der Waals surface area contributed by atoms with Gasteiger partial charge in [0, 0.05) is 5.57 Å². The van der Waals surface area contributed by atoms with Crippen molar-refractivity contribution in [2.75, 3.05) is 6.54 Å². The molecule has 0 heterocycles. The third-order valence-corrected chi connectivity index (χ3v) is 2.22. The minimum absolute atomic E-state index is 0.120. The summed E-state index contributed by atoms with van der Waals surface area (Å²) in [5, 5.41) is 11.5. The first-order chi connectivity index (χ1) is 9.15. The molecule has 0 spiro atoms. The van der Waals surface area contributed by atoms with Gasteiger partial charge in [-0.25, -0.2) is 9.59 Å². The van der Waals surface area contributed by atoms with Gasteiger partial charge in [0.1, 0.15) is 12.2 Å². The highest BCUT2D eigenvalue weighted by atomic mass is 16.6. The molecule has 7 heteroatoms. The topological polar surface area (TPSA) is 102 Å². The number of aliphatic hydroxyl groups excluding tert-OH is 1. The van der Waals surface area contributed by atoms with Crippen LogP contribution < -0.4 is 5.32 Å². The Hall–Kier alpha value is -1.89. The first-order valence-corrected chi connectivity index (χ1v) is 6.17. The zero-order chi connectivity index (χ0) is 15.9. The van der Waals surface area contributed by atoms with E-state index in [4.69, 9.17) is 9.84 Å². The average molecular weight is 287 g/mol. The van der Waals surface area contributed by atoms with E-state index in [9.17, 15) is 14.4 Å². The molecule has 1 amide bonds. The first kappa shape index (κ1) is 18.1. The molecule has 0 aliphatic rings. The highest BCUT2D eigenvalue weighted by Crippen LogP contribution is 2.01. The fourth-order valence-electron chi connectivity index (χ4n) is 1.04. The van der Waals surface area contributed by atoms with E-state index < -0.39 is 30.3 Å². The van der Waals surface area contributed by atoms with Crippen LogP contribution in [0.2, 0.25) is 0 Å². The summed E-state index contributed by atoms with van der Waals surface area (Å²) in [7, 11) is 0. The standard InChI is InChI=1S/C13H21NO6/c1-7(2)11(16)14-6-8(3)19-13(18)10(5)20-12(17)9(4)15/h8-10,15H,1,6H2,2-5H3,(H,14,16)/t8?,9-,10-/m0/s1. The zero-order valence-corrected chi connectivity index (χ0v) is 12.1. The van der Waals surface area contributed by atoms with Crippen LogP contribution in [0.4, 0.5) is 0 Å². The largest absolute Gasteiger partial charge is 0.458 e. The molecule has 0 rings (SSSR count). The molecule has 2 N–H and O–H groups in total. The molecule has 0 aliphatic heterocycles. The molecule has 114 valence electrons. The van der Waals surface area contributed by atoms with Crippen LogP contribution in [0.15, 0.2) is 12.2 Å². The van der Waals surface area contributed by atoms with Crippen LogP contribution in [0, 0.1) is 0 Å². The van der Waals surface area contributed by atoms with E-state index in [0.29, 0.717) is 5.57 Å². The first-order valence-electron chi connectivity index (χ1n) is 6.17. The normalized spacial score (nSPS) is 14.7. The minimum atomic E-state index is -1.31. The fraction of sp³-hybridized carbons (Fsp3) is 0.615. The fourth-order valence-corrected chi connectivity index (χ4v) is 1.04. The smallest absolute Gasteiger partial charge is 0.347 e. The summed E-state index contributed by atoms with van der Waals surface area (Å²) in [6.07, 6.45) is -3.02. The second kappa shape index (κ2) is 8.31. The summed E-state index contributed by atoms with van der Waals surface area (Å²) in [5.74, 6) is -1.99. The van der Waals surface area contributed by atoms with Gasteiger partial charge in [0.15, 0.2) is 6.10 Å². The molecule has 0 radical (unpaired) electrons. The average Bonchev–Trinajstić information content (AvgIpc) is 2.35. The molecule has 0 aromatic rings. The third-order valence-electron chi connectivity index (χ3n) is 2.22. The summed E-state index contributed by atoms with van der Waals surface area (Å²) in [4.78, 5) is 33.9. The maximum Gasteiger partial charge on any atom is 0.347 e. The van der Waals surface area contributed by atoms with Crippen molar-refractivity contribution in [2.45, 2.75) is 46.0 Å². The van der Waals surface area contributed by atoms with Gasteiger partial charge in [0.05, 0.1) is 6.54 Å². The lowest BCUT2D eigenvalue weighted by atomic mass is 10.3. The Morgan fingerprint density at radius 2 is 1.70 bits per heavy atom. The van der Waals surface area contributed by atoms with Gasteiger partial charge < -0.3 is 19.9 Å². The maximum absolute atomic E-state index is 11.6. The molecular formula is C13H21NO6. The predicted molar refractivity (Wildman–Crippen MR) is 70.6 cm³/mol. The van der Waals surface area contributed by atoms with Gasteiger partial charge in [0.2, 0.25) is 5.91 Å². The van der Waals surface area contributed by atoms with Crippen LogP contribution in [-0.4, -0.2) is 47.8 Å². The van der Waals surface area contributed by atoms with Gasteiger partial charge in [-0.1, -0.05) is 6.58 Å². The van der Waals surface area contributed by atoms with E-state index in [0.717, 1.165) is 0 Å². The molecule has 20 heavy (non-hydrogen) atoms. The van der Waals surface area contributed by atoms with Crippen molar-refractivity contribution in [3.05, 3.63) is 12.2 Å². The van der Waals surface area contributed by atoms with Crippen molar-refractivity contribution in [3.63, 3.8) is 0 Å². The summed E-state index contributed by atoms with van der Waals surface area (Å²) < 4.78 is 9.65. The lowest BCUT2D eigenvalue weighted by Gasteiger charge is -2.18. The number of carbonyl (C=O) groups excluding carboxylic acids is 3. The van der Waals surface area contributed by atoms with E-state index in [1.165, 1.54) is 13.8 Å². The Labute approximate surface area is 117 Å². The number of nitrogens with one attached hydrogen (secondary N) is 1. The van der Waals surface area contributed by atoms with Crippen molar-refractivity contribution in [3.8, 4) is 0 Å². The molecule has 3 atom stereocenters. The number of aliphatic hydroxyl groups is 1. The van der Waals surface area contributed by atoms with Gasteiger partial charge in [0.25, 0.3) is 0 Å². The number of hydrogen-bond acceptors (Lipinski definition) is 6.